The number of nitrogens with one attached hydrogen (secondary N) is 2. The summed E-state index contributed by atoms with van der Waals surface area (Å²) in [5.74, 6) is 0.637. The van der Waals surface area contributed by atoms with Gasteiger partial charge >= 0.3 is 0 Å². The number of carbonyl (C=O) groups excluding carboxylic acids is 1. The predicted octanol–water partition coefficient (Wildman–Crippen LogP) is 3.53. The molecule has 5 aliphatic rings. The van der Waals surface area contributed by atoms with Crippen LogP contribution in [0.5, 0.6) is 0 Å². The van der Waals surface area contributed by atoms with Gasteiger partial charge in [0.2, 0.25) is 5.91 Å². The summed E-state index contributed by atoms with van der Waals surface area (Å²) in [5.41, 5.74) is 10.7. The van der Waals surface area contributed by atoms with Crippen LogP contribution in [0.15, 0.2) is 27.9 Å². The quantitative estimate of drug-likeness (QED) is 0.523. The number of carbonyl (C=O) groups is 1. The Balaban J connectivity index is 1.26. The van der Waals surface area contributed by atoms with Gasteiger partial charge < -0.3 is 10.3 Å². The zero-order valence-electron chi connectivity index (χ0n) is 16.7. The second-order valence-corrected chi connectivity index (χ2v) is 10.2. The van der Waals surface area contributed by atoms with Crippen molar-refractivity contribution in [2.24, 2.45) is 16.8 Å². The lowest BCUT2D eigenvalue weighted by molar-refractivity contribution is -0.139. The molecular formula is C22H30Cl2N4O. The molecule has 5 atom stereocenters. The highest BCUT2D eigenvalue weighted by molar-refractivity contribution is 6.30. The zero-order valence-corrected chi connectivity index (χ0v) is 18.3. The summed E-state index contributed by atoms with van der Waals surface area (Å²) in [5, 5.41) is -0.173. The topological polar surface area (TPSA) is 56.7 Å². The molecule has 29 heavy (non-hydrogen) atoms. The first-order chi connectivity index (χ1) is 14.1. The van der Waals surface area contributed by atoms with Crippen molar-refractivity contribution < 1.29 is 4.79 Å². The van der Waals surface area contributed by atoms with Crippen molar-refractivity contribution in [1.29, 1.82) is 0 Å². The van der Waals surface area contributed by atoms with E-state index in [1.807, 2.05) is 6.21 Å². The normalized spacial score (nSPS) is 37.0. The molecule has 0 aromatic carbocycles. The third-order valence-electron chi connectivity index (χ3n) is 7.25. The summed E-state index contributed by atoms with van der Waals surface area (Å²) in [6.45, 7) is 1.55. The van der Waals surface area contributed by atoms with E-state index in [1.165, 1.54) is 29.7 Å². The Kier molecular flexibility index (Phi) is 5.65. The van der Waals surface area contributed by atoms with E-state index in [0.717, 1.165) is 45.1 Å². The van der Waals surface area contributed by atoms with Gasteiger partial charge in [0.05, 0.1) is 17.3 Å². The van der Waals surface area contributed by atoms with E-state index < -0.39 is 0 Å². The van der Waals surface area contributed by atoms with E-state index in [9.17, 15) is 4.79 Å². The van der Waals surface area contributed by atoms with Crippen LogP contribution in [-0.2, 0) is 4.79 Å². The molecule has 0 bridgehead atoms. The molecule has 0 aromatic heterocycles. The molecule has 0 saturated heterocycles. The first kappa shape index (κ1) is 19.9. The molecule has 1 saturated carbocycles. The molecular weight excluding hydrogens is 407 g/mol. The van der Waals surface area contributed by atoms with Crippen LogP contribution in [0.25, 0.3) is 0 Å². The highest BCUT2D eigenvalue weighted by atomic mass is 35.5. The van der Waals surface area contributed by atoms with Gasteiger partial charge in [0.25, 0.3) is 0 Å². The van der Waals surface area contributed by atoms with Gasteiger partial charge in [-0.1, -0.05) is 11.6 Å². The molecule has 5 nitrogen and oxygen atoms in total. The van der Waals surface area contributed by atoms with Crippen LogP contribution in [0.2, 0.25) is 0 Å². The van der Waals surface area contributed by atoms with Gasteiger partial charge in [-0.05, 0) is 56.9 Å². The second kappa shape index (κ2) is 8.24. The summed E-state index contributed by atoms with van der Waals surface area (Å²) < 4.78 is 0. The van der Waals surface area contributed by atoms with Crippen LogP contribution in [0.1, 0.15) is 51.4 Å². The SMILES string of the molecule is O=C(C1CC=C(C2C(Cl)C=NCC2Cl)CC1)N(C1CC1)C1CCC2=C(CNN2)C1. The minimum absolute atomic E-state index is 0.0395. The molecule has 0 aromatic rings. The second-order valence-electron chi connectivity index (χ2n) is 9.18. The van der Waals surface area contributed by atoms with Gasteiger partial charge in [0, 0.05) is 42.4 Å². The number of hydrazine groups is 1. The van der Waals surface area contributed by atoms with Crippen molar-refractivity contribution in [3.05, 3.63) is 22.9 Å². The number of allylic oxidation sites excluding steroid dienone is 3. The van der Waals surface area contributed by atoms with Crippen molar-refractivity contribution in [3.63, 3.8) is 0 Å². The summed E-state index contributed by atoms with van der Waals surface area (Å²) in [6.07, 6.45) is 12.2. The van der Waals surface area contributed by atoms with Gasteiger partial charge in [-0.3, -0.25) is 9.79 Å². The Morgan fingerprint density at radius 1 is 1.14 bits per heavy atom. The Hall–Kier alpha value is -1.04. The van der Waals surface area contributed by atoms with E-state index in [0.29, 0.717) is 24.5 Å². The van der Waals surface area contributed by atoms with Crippen molar-refractivity contribution >= 4 is 35.3 Å². The summed E-state index contributed by atoms with van der Waals surface area (Å²) in [4.78, 5) is 20.1. The summed E-state index contributed by atoms with van der Waals surface area (Å²) in [7, 11) is 0. The van der Waals surface area contributed by atoms with Crippen molar-refractivity contribution in [2.45, 2.75) is 74.2 Å². The maximum absolute atomic E-state index is 13.6. The molecule has 3 aliphatic carbocycles. The fraction of sp³-hybridized carbons (Fsp3) is 0.727. The first-order valence-electron chi connectivity index (χ1n) is 11.1. The number of halogens is 2. The standard InChI is InChI=1S/C22H30Cl2N4O/c23-18-11-25-12-19(24)21(18)13-1-3-14(4-2-13)22(29)28(16-5-6-16)17-7-8-20-15(9-17)10-26-27-20/h1,11,14,16-19,21,26-27H,2-10,12H2. The Morgan fingerprint density at radius 3 is 2.72 bits per heavy atom. The molecule has 2 N–H and O–H groups in total. The molecule has 5 unspecified atom stereocenters. The van der Waals surface area contributed by atoms with E-state index in [-0.39, 0.29) is 22.6 Å². The maximum atomic E-state index is 13.6. The Morgan fingerprint density at radius 2 is 2.00 bits per heavy atom. The van der Waals surface area contributed by atoms with Crippen molar-refractivity contribution in [1.82, 2.24) is 15.8 Å². The molecule has 5 rings (SSSR count). The van der Waals surface area contributed by atoms with Crippen LogP contribution in [0, 0.1) is 11.8 Å². The Labute approximate surface area is 182 Å². The van der Waals surface area contributed by atoms with E-state index in [1.54, 1.807) is 0 Å². The molecule has 158 valence electrons. The molecule has 0 spiro atoms. The molecule has 1 amide bonds. The highest BCUT2D eigenvalue weighted by Crippen LogP contribution is 2.40. The fourth-order valence-electron chi connectivity index (χ4n) is 5.53. The molecule has 7 heteroatoms. The van der Waals surface area contributed by atoms with E-state index >= 15 is 0 Å². The molecule has 2 heterocycles. The van der Waals surface area contributed by atoms with Gasteiger partial charge in [-0.15, -0.1) is 23.2 Å². The smallest absolute Gasteiger partial charge is 0.226 e. The van der Waals surface area contributed by atoms with E-state index in [4.69, 9.17) is 23.2 Å². The predicted molar refractivity (Wildman–Crippen MR) is 117 cm³/mol. The third-order valence-corrected chi connectivity index (χ3v) is 8.04. The van der Waals surface area contributed by atoms with E-state index in [2.05, 4.69) is 26.8 Å². The number of nitrogens with zero attached hydrogens (tertiary/aromatic N) is 2. The lowest BCUT2D eigenvalue weighted by Gasteiger charge is -2.38. The van der Waals surface area contributed by atoms with Crippen molar-refractivity contribution in [3.8, 4) is 0 Å². The minimum Gasteiger partial charge on any atom is -0.336 e. The van der Waals surface area contributed by atoms with Crippen LogP contribution >= 0.6 is 23.2 Å². The number of rotatable bonds is 4. The van der Waals surface area contributed by atoms with Gasteiger partial charge in [-0.2, -0.15) is 0 Å². The minimum atomic E-state index is -0.133. The third kappa shape index (κ3) is 3.98. The average Bonchev–Trinajstić information content (AvgIpc) is 3.44. The number of amides is 1. The number of hydrogen-bond donors (Lipinski definition) is 2. The lowest BCUT2D eigenvalue weighted by Crippen LogP contribution is -2.46. The number of aliphatic imine (C=N–C) groups is 1. The van der Waals surface area contributed by atoms with Gasteiger partial charge in [0.1, 0.15) is 0 Å². The lowest BCUT2D eigenvalue weighted by atomic mass is 9.79. The fourth-order valence-corrected chi connectivity index (χ4v) is 6.42. The number of hydrogen-bond acceptors (Lipinski definition) is 4. The molecule has 0 radical (unpaired) electrons. The maximum Gasteiger partial charge on any atom is 0.226 e. The monoisotopic (exact) mass is 436 g/mol. The molecule has 1 fully saturated rings. The van der Waals surface area contributed by atoms with Crippen LogP contribution < -0.4 is 10.9 Å². The summed E-state index contributed by atoms with van der Waals surface area (Å²) in [6, 6.07) is 0.839. The van der Waals surface area contributed by atoms with Gasteiger partial charge in [-0.25, -0.2) is 5.43 Å². The van der Waals surface area contributed by atoms with Crippen molar-refractivity contribution in [2.75, 3.05) is 13.1 Å². The summed E-state index contributed by atoms with van der Waals surface area (Å²) >= 11 is 13.0. The largest absolute Gasteiger partial charge is 0.336 e. The average molecular weight is 437 g/mol. The van der Waals surface area contributed by atoms with Crippen LogP contribution in [-0.4, -0.2) is 52.9 Å². The van der Waals surface area contributed by atoms with Crippen LogP contribution in [0.4, 0.5) is 0 Å². The Bertz CT molecular complexity index is 760. The zero-order chi connectivity index (χ0) is 20.0. The molecule has 2 aliphatic heterocycles. The van der Waals surface area contributed by atoms with Crippen LogP contribution in [0.3, 0.4) is 0 Å². The number of alkyl halides is 2. The highest BCUT2D eigenvalue weighted by Gasteiger charge is 2.42. The van der Waals surface area contributed by atoms with Gasteiger partial charge in [0.15, 0.2) is 0 Å². The first-order valence-corrected chi connectivity index (χ1v) is 12.0.